The van der Waals surface area contributed by atoms with Gasteiger partial charge in [0.15, 0.2) is 0 Å². The van der Waals surface area contributed by atoms with Crippen molar-refractivity contribution in [2.45, 2.75) is 33.4 Å². The zero-order valence-electron chi connectivity index (χ0n) is 13.8. The molecule has 0 amide bonds. The summed E-state index contributed by atoms with van der Waals surface area (Å²) in [4.78, 5) is 28.3. The van der Waals surface area contributed by atoms with Crippen LogP contribution in [0.3, 0.4) is 0 Å². The van der Waals surface area contributed by atoms with Gasteiger partial charge in [0.05, 0.1) is 5.39 Å². The van der Waals surface area contributed by atoms with Crippen molar-refractivity contribution in [3.05, 3.63) is 33.0 Å². The van der Waals surface area contributed by atoms with Crippen LogP contribution in [0.25, 0.3) is 11.0 Å². The van der Waals surface area contributed by atoms with Crippen LogP contribution in [0.1, 0.15) is 25.2 Å². The fourth-order valence-electron chi connectivity index (χ4n) is 2.99. The maximum absolute atomic E-state index is 12.3. The normalized spacial score (nSPS) is 17.3. The van der Waals surface area contributed by atoms with Crippen LogP contribution < -0.4 is 5.56 Å². The SMILES string of the molecule is Cc1nc(Cl)c2cc(CN3CCN(C(C)C)CC3)c(=O)[nH]c2n1. The number of aryl methyl sites for hydroxylation is 1. The summed E-state index contributed by atoms with van der Waals surface area (Å²) in [5.41, 5.74) is 1.11. The Morgan fingerprint density at radius 1 is 1.26 bits per heavy atom. The van der Waals surface area contributed by atoms with Gasteiger partial charge < -0.3 is 4.98 Å². The van der Waals surface area contributed by atoms with Crippen molar-refractivity contribution in [3.63, 3.8) is 0 Å². The van der Waals surface area contributed by atoms with Crippen LogP contribution in [-0.2, 0) is 6.54 Å². The number of aromatic nitrogens is 3. The van der Waals surface area contributed by atoms with Crippen molar-refractivity contribution >= 4 is 22.6 Å². The number of nitrogens with one attached hydrogen (secondary N) is 1. The number of pyridine rings is 1. The lowest BCUT2D eigenvalue weighted by Crippen LogP contribution is -2.48. The van der Waals surface area contributed by atoms with Crippen molar-refractivity contribution in [1.82, 2.24) is 24.8 Å². The number of hydrogen-bond acceptors (Lipinski definition) is 5. The molecule has 1 aliphatic rings. The van der Waals surface area contributed by atoms with E-state index >= 15 is 0 Å². The molecule has 0 bridgehead atoms. The molecule has 7 heteroatoms. The predicted octanol–water partition coefficient (Wildman–Crippen LogP) is 1.81. The molecule has 2 aromatic rings. The molecule has 0 radical (unpaired) electrons. The van der Waals surface area contributed by atoms with Gasteiger partial charge in [-0.1, -0.05) is 11.6 Å². The molecule has 1 aliphatic heterocycles. The maximum Gasteiger partial charge on any atom is 0.254 e. The van der Waals surface area contributed by atoms with Crippen molar-refractivity contribution < 1.29 is 0 Å². The van der Waals surface area contributed by atoms with Gasteiger partial charge in [-0.05, 0) is 26.8 Å². The molecule has 0 saturated carbocycles. The number of fused-ring (bicyclic) bond motifs is 1. The van der Waals surface area contributed by atoms with Crippen LogP contribution in [0.15, 0.2) is 10.9 Å². The standard InChI is InChI=1S/C16H22ClN5O/c1-10(2)22-6-4-21(5-7-22)9-12-8-13-14(17)18-11(3)19-15(13)20-16(12)23/h8,10H,4-7,9H2,1-3H3,(H,18,19,20,23). The van der Waals surface area contributed by atoms with Gasteiger partial charge in [-0.2, -0.15) is 0 Å². The Hall–Kier alpha value is -1.50. The van der Waals surface area contributed by atoms with E-state index in [0.29, 0.717) is 40.2 Å². The van der Waals surface area contributed by atoms with Gasteiger partial charge >= 0.3 is 0 Å². The van der Waals surface area contributed by atoms with Gasteiger partial charge in [0, 0.05) is 44.3 Å². The number of halogens is 1. The summed E-state index contributed by atoms with van der Waals surface area (Å²) >= 11 is 6.19. The molecule has 0 unspecified atom stereocenters. The summed E-state index contributed by atoms with van der Waals surface area (Å²) in [7, 11) is 0. The quantitative estimate of drug-likeness (QED) is 0.867. The van der Waals surface area contributed by atoms with Gasteiger partial charge in [0.1, 0.15) is 16.6 Å². The molecule has 0 spiro atoms. The minimum Gasteiger partial charge on any atom is -0.306 e. The first-order valence-electron chi connectivity index (χ1n) is 7.96. The topological polar surface area (TPSA) is 65.1 Å². The second kappa shape index (κ2) is 6.55. The van der Waals surface area contributed by atoms with Gasteiger partial charge in [0.2, 0.25) is 0 Å². The van der Waals surface area contributed by atoms with Crippen LogP contribution in [0.4, 0.5) is 0 Å². The number of piperazine rings is 1. The second-order valence-electron chi connectivity index (χ2n) is 6.35. The number of nitrogens with zero attached hydrogens (tertiary/aromatic N) is 4. The van der Waals surface area contributed by atoms with E-state index in [1.54, 1.807) is 6.92 Å². The Bertz CT molecular complexity index is 765. The Morgan fingerprint density at radius 3 is 2.61 bits per heavy atom. The number of rotatable bonds is 3. The molecular weight excluding hydrogens is 314 g/mol. The van der Waals surface area contributed by atoms with E-state index in [4.69, 9.17) is 11.6 Å². The second-order valence-corrected chi connectivity index (χ2v) is 6.71. The molecule has 3 heterocycles. The lowest BCUT2D eigenvalue weighted by atomic mass is 10.2. The number of H-pyrrole nitrogens is 1. The third kappa shape index (κ3) is 3.54. The summed E-state index contributed by atoms with van der Waals surface area (Å²) in [6.07, 6.45) is 0. The maximum atomic E-state index is 12.3. The van der Waals surface area contributed by atoms with Gasteiger partial charge in [-0.25, -0.2) is 9.97 Å². The Kier molecular flexibility index (Phi) is 4.66. The lowest BCUT2D eigenvalue weighted by Gasteiger charge is -2.36. The van der Waals surface area contributed by atoms with E-state index in [1.807, 2.05) is 6.07 Å². The Balaban J connectivity index is 1.81. The molecule has 1 fully saturated rings. The van der Waals surface area contributed by atoms with Crippen molar-refractivity contribution in [3.8, 4) is 0 Å². The van der Waals surface area contributed by atoms with Crippen LogP contribution >= 0.6 is 11.6 Å². The molecule has 0 atom stereocenters. The van der Waals surface area contributed by atoms with E-state index in [1.165, 1.54) is 0 Å². The predicted molar refractivity (Wildman–Crippen MR) is 91.9 cm³/mol. The fourth-order valence-corrected chi connectivity index (χ4v) is 3.26. The highest BCUT2D eigenvalue weighted by Gasteiger charge is 2.20. The van der Waals surface area contributed by atoms with Crippen LogP contribution in [0.2, 0.25) is 5.15 Å². The van der Waals surface area contributed by atoms with Gasteiger partial charge in [0.25, 0.3) is 5.56 Å². The molecule has 0 aliphatic carbocycles. The Labute approximate surface area is 140 Å². The molecular formula is C16H22ClN5O. The van der Waals surface area contributed by atoms with E-state index in [9.17, 15) is 4.79 Å². The van der Waals surface area contributed by atoms with Crippen molar-refractivity contribution in [1.29, 1.82) is 0 Å². The summed E-state index contributed by atoms with van der Waals surface area (Å²) in [6, 6.07) is 2.39. The van der Waals surface area contributed by atoms with Crippen molar-refractivity contribution in [2.24, 2.45) is 0 Å². The minimum atomic E-state index is -0.0991. The molecule has 124 valence electrons. The molecule has 1 N–H and O–H groups in total. The molecule has 1 saturated heterocycles. The first-order chi connectivity index (χ1) is 10.9. The Morgan fingerprint density at radius 2 is 1.96 bits per heavy atom. The summed E-state index contributed by atoms with van der Waals surface area (Å²) < 4.78 is 0. The van der Waals surface area contributed by atoms with E-state index in [2.05, 4.69) is 38.6 Å². The molecule has 0 aromatic carbocycles. The average Bonchev–Trinajstić information content (AvgIpc) is 2.49. The van der Waals surface area contributed by atoms with E-state index < -0.39 is 0 Å². The highest BCUT2D eigenvalue weighted by atomic mass is 35.5. The zero-order valence-corrected chi connectivity index (χ0v) is 14.5. The van der Waals surface area contributed by atoms with E-state index in [0.717, 1.165) is 26.2 Å². The minimum absolute atomic E-state index is 0.0991. The number of aromatic amines is 1. The first-order valence-corrected chi connectivity index (χ1v) is 8.34. The van der Waals surface area contributed by atoms with Crippen molar-refractivity contribution in [2.75, 3.05) is 26.2 Å². The van der Waals surface area contributed by atoms with E-state index in [-0.39, 0.29) is 5.56 Å². The third-order valence-electron chi connectivity index (χ3n) is 4.38. The smallest absolute Gasteiger partial charge is 0.254 e. The van der Waals surface area contributed by atoms with Crippen LogP contribution in [-0.4, -0.2) is 57.0 Å². The molecule has 6 nitrogen and oxygen atoms in total. The monoisotopic (exact) mass is 335 g/mol. The van der Waals surface area contributed by atoms with Crippen LogP contribution in [0.5, 0.6) is 0 Å². The summed E-state index contributed by atoms with van der Waals surface area (Å²) in [6.45, 7) is 10.8. The fraction of sp³-hybridized carbons (Fsp3) is 0.562. The lowest BCUT2D eigenvalue weighted by molar-refractivity contribution is 0.104. The van der Waals surface area contributed by atoms with Gasteiger partial charge in [-0.3, -0.25) is 14.6 Å². The summed E-state index contributed by atoms with van der Waals surface area (Å²) in [5, 5.41) is 1.09. The largest absolute Gasteiger partial charge is 0.306 e. The zero-order chi connectivity index (χ0) is 16.6. The molecule has 2 aromatic heterocycles. The van der Waals surface area contributed by atoms with Gasteiger partial charge in [-0.15, -0.1) is 0 Å². The highest BCUT2D eigenvalue weighted by Crippen LogP contribution is 2.19. The number of hydrogen-bond donors (Lipinski definition) is 1. The summed E-state index contributed by atoms with van der Waals surface area (Å²) in [5.74, 6) is 0.552. The highest BCUT2D eigenvalue weighted by molar-refractivity contribution is 6.33. The molecule has 23 heavy (non-hydrogen) atoms. The van der Waals surface area contributed by atoms with Crippen LogP contribution in [0, 0.1) is 6.92 Å². The average molecular weight is 336 g/mol. The third-order valence-corrected chi connectivity index (χ3v) is 4.67. The molecule has 3 rings (SSSR count). The first kappa shape index (κ1) is 16.4.